The van der Waals surface area contributed by atoms with Gasteiger partial charge in [0.15, 0.2) is 5.52 Å². The van der Waals surface area contributed by atoms with Crippen molar-refractivity contribution in [2.75, 3.05) is 11.5 Å². The minimum Gasteiger partial charge on any atom is -0.480 e. The van der Waals surface area contributed by atoms with Gasteiger partial charge < -0.3 is 10.4 Å². The molecule has 2 N–H and O–H groups in total. The van der Waals surface area contributed by atoms with Gasteiger partial charge in [-0.25, -0.2) is 4.79 Å². The first-order valence-electron chi connectivity index (χ1n) is 6.97. The quantitative estimate of drug-likeness (QED) is 0.614. The summed E-state index contributed by atoms with van der Waals surface area (Å²) >= 11 is 2.44. The lowest BCUT2D eigenvalue weighted by molar-refractivity contribution is -0.383. The number of nitrogens with zero attached hydrogens (tertiary/aromatic N) is 3. The Bertz CT molecular complexity index is 831. The van der Waals surface area contributed by atoms with Crippen LogP contribution in [0.3, 0.4) is 0 Å². The van der Waals surface area contributed by atoms with Gasteiger partial charge in [0.25, 0.3) is 11.6 Å². The number of nitro groups is 1. The van der Waals surface area contributed by atoms with E-state index in [1.54, 1.807) is 11.8 Å². The first kappa shape index (κ1) is 16.6. The summed E-state index contributed by atoms with van der Waals surface area (Å²) in [5, 5.41) is 23.2. The third-order valence-corrected chi connectivity index (χ3v) is 5.44. The van der Waals surface area contributed by atoms with Gasteiger partial charge >= 0.3 is 5.97 Å². The average molecular weight is 368 g/mol. The van der Waals surface area contributed by atoms with E-state index in [9.17, 15) is 24.8 Å². The molecule has 3 rings (SSSR count). The average Bonchev–Trinajstić information content (AvgIpc) is 3.02. The number of hydrogen-bond acceptors (Lipinski definition) is 8. The highest BCUT2D eigenvalue weighted by Crippen LogP contribution is 2.29. The number of nitrogens with one attached hydrogen (secondary N) is 1. The minimum absolute atomic E-state index is 0.000696. The number of carbonyl (C=O) groups is 2. The van der Waals surface area contributed by atoms with Crippen LogP contribution in [0.15, 0.2) is 12.1 Å². The van der Waals surface area contributed by atoms with Crippen LogP contribution in [0.2, 0.25) is 0 Å². The Labute approximate surface area is 143 Å². The van der Waals surface area contributed by atoms with Crippen molar-refractivity contribution < 1.29 is 19.6 Å². The number of aliphatic carboxylic acids is 1. The highest BCUT2D eigenvalue weighted by atomic mass is 32.2. The van der Waals surface area contributed by atoms with Gasteiger partial charge in [0.1, 0.15) is 11.1 Å². The molecule has 2 aromatic rings. The van der Waals surface area contributed by atoms with Crippen molar-refractivity contribution in [3.8, 4) is 0 Å². The zero-order valence-corrected chi connectivity index (χ0v) is 13.9. The van der Waals surface area contributed by atoms with Gasteiger partial charge in [0, 0.05) is 11.6 Å². The summed E-state index contributed by atoms with van der Waals surface area (Å²) in [5.74, 6) is -0.506. The second-order valence-corrected chi connectivity index (χ2v) is 7.09. The molecule has 11 heteroatoms. The first-order chi connectivity index (χ1) is 11.4. The van der Waals surface area contributed by atoms with E-state index in [4.69, 9.17) is 0 Å². The molecule has 0 aliphatic carbocycles. The molecule has 0 saturated carbocycles. The lowest BCUT2D eigenvalue weighted by Crippen LogP contribution is -2.56. The fraction of sp³-hybridized carbons (Fsp3) is 0.385. The molecule has 1 saturated heterocycles. The topological polar surface area (TPSA) is 135 Å². The largest absolute Gasteiger partial charge is 0.480 e. The number of carboxylic acids is 1. The first-order valence-corrected chi connectivity index (χ1v) is 8.86. The van der Waals surface area contributed by atoms with Crippen LogP contribution in [-0.2, 0) is 4.79 Å². The van der Waals surface area contributed by atoms with E-state index < -0.39 is 22.3 Å². The summed E-state index contributed by atoms with van der Waals surface area (Å²) < 4.78 is 7.79. The van der Waals surface area contributed by atoms with Crippen LogP contribution < -0.4 is 5.32 Å². The third-order valence-electron chi connectivity index (χ3n) is 3.91. The molecule has 1 aliphatic heterocycles. The molecule has 2 heterocycles. The fourth-order valence-electron chi connectivity index (χ4n) is 2.54. The summed E-state index contributed by atoms with van der Waals surface area (Å²) in [5.41, 5.74) is -1.31. The number of hydrogen-bond donors (Lipinski definition) is 2. The Kier molecular flexibility index (Phi) is 4.37. The summed E-state index contributed by atoms with van der Waals surface area (Å²) in [4.78, 5) is 34.7. The highest BCUT2D eigenvalue weighted by Gasteiger charge is 2.41. The number of nitro benzene ring substituents is 1. The molecule has 0 unspecified atom stereocenters. The van der Waals surface area contributed by atoms with Gasteiger partial charge in [0.2, 0.25) is 0 Å². The molecule has 1 amide bonds. The van der Waals surface area contributed by atoms with Crippen LogP contribution in [0.1, 0.15) is 23.2 Å². The van der Waals surface area contributed by atoms with E-state index in [2.05, 4.69) is 14.1 Å². The van der Waals surface area contributed by atoms with E-state index in [1.165, 1.54) is 6.07 Å². The molecule has 0 bridgehead atoms. The molecule has 9 nitrogen and oxygen atoms in total. The van der Waals surface area contributed by atoms with Gasteiger partial charge in [-0.05, 0) is 30.4 Å². The van der Waals surface area contributed by atoms with Gasteiger partial charge in [-0.3, -0.25) is 14.9 Å². The third kappa shape index (κ3) is 2.91. The molecule has 0 radical (unpaired) electrons. The van der Waals surface area contributed by atoms with Gasteiger partial charge in [-0.15, -0.1) is 0 Å². The second-order valence-electron chi connectivity index (χ2n) is 5.34. The number of non-ortho nitro benzene ring substituents is 1. The number of aromatic nitrogens is 2. The molecular weight excluding hydrogens is 356 g/mol. The second kappa shape index (κ2) is 6.32. The lowest BCUT2D eigenvalue weighted by atomic mass is 9.91. The molecule has 1 aliphatic rings. The molecule has 1 aromatic heterocycles. The maximum Gasteiger partial charge on any atom is 0.329 e. The maximum atomic E-state index is 12.5. The van der Waals surface area contributed by atoms with Crippen LogP contribution in [-0.4, -0.2) is 47.7 Å². The fourth-order valence-corrected chi connectivity index (χ4v) is 4.27. The molecule has 24 heavy (non-hydrogen) atoms. The Morgan fingerprint density at radius 1 is 1.29 bits per heavy atom. The number of carbonyl (C=O) groups excluding carboxylic acids is 1. The number of benzene rings is 1. The maximum absolute atomic E-state index is 12.5. The summed E-state index contributed by atoms with van der Waals surface area (Å²) in [6.07, 6.45) is 0.614. The minimum atomic E-state index is -1.34. The Morgan fingerprint density at radius 2 is 2.00 bits per heavy atom. The predicted molar refractivity (Wildman–Crippen MR) is 88.5 cm³/mol. The monoisotopic (exact) mass is 368 g/mol. The molecule has 1 fully saturated rings. The van der Waals surface area contributed by atoms with Crippen molar-refractivity contribution in [2.45, 2.75) is 18.4 Å². The van der Waals surface area contributed by atoms with Crippen molar-refractivity contribution in [3.05, 3.63) is 27.8 Å². The normalized spacial score (nSPS) is 16.7. The molecule has 126 valence electrons. The SMILES string of the molecule is O=C(NC1(C(=O)O)CCSCC1)c1cc([N+](=O)[O-])c2nsnc2c1. The molecule has 0 atom stereocenters. The van der Waals surface area contributed by atoms with E-state index in [1.807, 2.05) is 0 Å². The van der Waals surface area contributed by atoms with Crippen molar-refractivity contribution in [1.82, 2.24) is 14.1 Å². The van der Waals surface area contributed by atoms with Crippen LogP contribution in [0.5, 0.6) is 0 Å². The van der Waals surface area contributed by atoms with E-state index in [0.29, 0.717) is 24.3 Å². The van der Waals surface area contributed by atoms with E-state index in [-0.39, 0.29) is 22.3 Å². The van der Waals surface area contributed by atoms with Crippen molar-refractivity contribution in [1.29, 1.82) is 0 Å². The Morgan fingerprint density at radius 3 is 2.62 bits per heavy atom. The van der Waals surface area contributed by atoms with Gasteiger partial charge in [-0.2, -0.15) is 20.5 Å². The number of fused-ring (bicyclic) bond motifs is 1. The number of thioether (sulfide) groups is 1. The Balaban J connectivity index is 1.96. The number of carboxylic acid groups (broad SMARTS) is 1. The predicted octanol–water partition coefficient (Wildman–Crippen LogP) is 1.68. The lowest BCUT2D eigenvalue weighted by Gasteiger charge is -2.33. The highest BCUT2D eigenvalue weighted by molar-refractivity contribution is 7.99. The van der Waals surface area contributed by atoms with Crippen LogP contribution in [0.25, 0.3) is 11.0 Å². The summed E-state index contributed by atoms with van der Waals surface area (Å²) in [7, 11) is 0. The smallest absolute Gasteiger partial charge is 0.329 e. The molecule has 1 aromatic carbocycles. The zero-order valence-electron chi connectivity index (χ0n) is 12.2. The standard InChI is InChI=1S/C13H12N4O5S2/c18-11(14-13(12(19)20)1-3-23-4-2-13)7-5-8-10(16-24-15-8)9(6-7)17(21)22/h5-6H,1-4H2,(H,14,18)(H,19,20). The number of amides is 1. The van der Waals surface area contributed by atoms with Gasteiger partial charge in [0.05, 0.1) is 16.7 Å². The van der Waals surface area contributed by atoms with Crippen LogP contribution in [0.4, 0.5) is 5.69 Å². The van der Waals surface area contributed by atoms with E-state index >= 15 is 0 Å². The number of rotatable bonds is 4. The summed E-state index contributed by atoms with van der Waals surface area (Å²) in [6, 6.07) is 2.49. The summed E-state index contributed by atoms with van der Waals surface area (Å²) in [6.45, 7) is 0. The Hall–Kier alpha value is -2.27. The molecule has 0 spiro atoms. The van der Waals surface area contributed by atoms with E-state index in [0.717, 1.165) is 17.8 Å². The van der Waals surface area contributed by atoms with Gasteiger partial charge in [-0.1, -0.05) is 0 Å². The van der Waals surface area contributed by atoms with Crippen molar-refractivity contribution in [3.63, 3.8) is 0 Å². The van der Waals surface area contributed by atoms with Crippen molar-refractivity contribution in [2.24, 2.45) is 0 Å². The molecular formula is C13H12N4O5S2. The zero-order chi connectivity index (χ0) is 17.3. The van der Waals surface area contributed by atoms with Crippen LogP contribution in [0, 0.1) is 10.1 Å². The van der Waals surface area contributed by atoms with Crippen molar-refractivity contribution >= 4 is 52.1 Å². The van der Waals surface area contributed by atoms with Crippen LogP contribution >= 0.6 is 23.5 Å².